The molecule has 0 spiro atoms. The molecular weight excluding hydrogens is 467 g/mol. The Morgan fingerprint density at radius 2 is 0.964 bits per heavy atom. The minimum Gasteiger partial charge on any atom is -0.395 e. The number of nitroso groups, excluding NO2 is 2. The number of nitrogens with one attached hydrogen (secondary N) is 4. The van der Waals surface area contributed by atoms with Gasteiger partial charge in [-0.25, -0.2) is 0 Å². The van der Waals surface area contributed by atoms with Crippen LogP contribution in [0, 0.1) is 9.81 Å². The van der Waals surface area contributed by atoms with Crippen LogP contribution in [0.1, 0.15) is 27.7 Å². The van der Waals surface area contributed by atoms with E-state index in [-0.39, 0.29) is 47.4 Å². The molecule has 28 heavy (non-hydrogen) atoms. The van der Waals surface area contributed by atoms with Gasteiger partial charge >= 0.3 is 34.1 Å². The molecule has 0 aliphatic carbocycles. The predicted molar refractivity (Wildman–Crippen MR) is 104 cm³/mol. The van der Waals surface area contributed by atoms with Crippen LogP contribution >= 0.6 is 0 Å². The molecule has 0 saturated heterocycles. The molecule has 0 bridgehead atoms. The molecule has 0 saturated carbocycles. The van der Waals surface area contributed by atoms with Crippen molar-refractivity contribution in [3.8, 4) is 0 Å². The smallest absolute Gasteiger partial charge is 0.395 e. The van der Waals surface area contributed by atoms with Crippen molar-refractivity contribution in [2.45, 2.75) is 27.7 Å². The van der Waals surface area contributed by atoms with Gasteiger partial charge in [0.05, 0.1) is 13.2 Å². The average molecular weight is 502 g/mol. The Morgan fingerprint density at radius 3 is 1.21 bits per heavy atom. The molecular formula is C16H34Cu2N6O4+4. The van der Waals surface area contributed by atoms with Crippen molar-refractivity contribution < 1.29 is 44.4 Å². The summed E-state index contributed by atoms with van der Waals surface area (Å²) in [5.41, 5.74) is 2.53. The maximum atomic E-state index is 10.1. The summed E-state index contributed by atoms with van der Waals surface area (Å²) in [5.74, 6) is 0. The predicted octanol–water partition coefficient (Wildman–Crippen LogP) is 0.346. The van der Waals surface area contributed by atoms with Gasteiger partial charge in [-0.15, -0.1) is 9.81 Å². The van der Waals surface area contributed by atoms with E-state index in [1.54, 1.807) is 13.8 Å². The van der Waals surface area contributed by atoms with Crippen LogP contribution < -0.4 is 21.3 Å². The zero-order valence-corrected chi connectivity index (χ0v) is 18.7. The Bertz CT molecular complexity index is 411. The molecule has 10 nitrogen and oxygen atoms in total. The molecule has 0 aromatic rings. The third-order valence-electron chi connectivity index (χ3n) is 3.32. The van der Waals surface area contributed by atoms with Crippen molar-refractivity contribution >= 4 is 0 Å². The number of hydrogen-bond acceptors (Lipinski definition) is 10. The van der Waals surface area contributed by atoms with E-state index in [1.807, 2.05) is 13.8 Å². The maximum absolute atomic E-state index is 10.1. The van der Waals surface area contributed by atoms with E-state index in [0.717, 1.165) is 37.6 Å². The van der Waals surface area contributed by atoms with Crippen LogP contribution in [0.3, 0.4) is 0 Å². The monoisotopic (exact) mass is 500 g/mol. The minimum atomic E-state index is 0. The van der Waals surface area contributed by atoms with Crippen molar-refractivity contribution in [2.24, 2.45) is 10.4 Å². The van der Waals surface area contributed by atoms with E-state index in [2.05, 4.69) is 31.6 Å². The van der Waals surface area contributed by atoms with Gasteiger partial charge in [0, 0.05) is 50.7 Å². The standard InChI is InChI=1S/2C8H17N3O2.2Cu/c2*1-7(8(2)11-13)10-4-3-9-5-6-12;;/h2*9-10,12H,3-6H2,1-2H3;;/q;;2*+2. The molecule has 0 aliphatic heterocycles. The van der Waals surface area contributed by atoms with Crippen molar-refractivity contribution in [1.29, 1.82) is 0 Å². The van der Waals surface area contributed by atoms with E-state index < -0.39 is 0 Å². The van der Waals surface area contributed by atoms with Gasteiger partial charge in [-0.1, -0.05) is 0 Å². The Balaban J connectivity index is -0.000000192. The second kappa shape index (κ2) is 26.2. The molecule has 12 heteroatoms. The fraction of sp³-hybridized carbons (Fsp3) is 0.750. The molecule has 0 amide bonds. The maximum Gasteiger partial charge on any atom is 2.00 e. The third-order valence-corrected chi connectivity index (χ3v) is 3.32. The Labute approximate surface area is 188 Å². The van der Waals surface area contributed by atoms with Crippen molar-refractivity contribution in [3.05, 3.63) is 32.6 Å². The van der Waals surface area contributed by atoms with Crippen LogP contribution in [0.5, 0.6) is 0 Å². The first-order valence-electron chi connectivity index (χ1n) is 8.57. The summed E-state index contributed by atoms with van der Waals surface area (Å²) < 4.78 is 0. The Hall–Kier alpha value is -0.841. The van der Waals surface area contributed by atoms with Crippen LogP contribution in [0.25, 0.3) is 0 Å². The second-order valence-electron chi connectivity index (χ2n) is 5.40. The van der Waals surface area contributed by atoms with Gasteiger partial charge in [0.25, 0.3) is 0 Å². The molecule has 2 radical (unpaired) electrons. The fourth-order valence-corrected chi connectivity index (χ4v) is 1.48. The van der Waals surface area contributed by atoms with Crippen LogP contribution in [0.2, 0.25) is 0 Å². The summed E-state index contributed by atoms with van der Waals surface area (Å²) in [6.45, 7) is 11.4. The average Bonchev–Trinajstić information content (AvgIpc) is 2.66. The molecule has 0 atom stereocenters. The quantitative estimate of drug-likeness (QED) is 0.114. The van der Waals surface area contributed by atoms with E-state index in [9.17, 15) is 9.81 Å². The molecule has 0 fully saturated rings. The topological polar surface area (TPSA) is 147 Å². The molecule has 0 rings (SSSR count). The summed E-state index contributed by atoms with van der Waals surface area (Å²) in [5, 5.41) is 34.6. The van der Waals surface area contributed by atoms with E-state index in [4.69, 9.17) is 10.2 Å². The largest absolute Gasteiger partial charge is 2.00 e. The minimum absolute atomic E-state index is 0. The molecule has 0 aromatic heterocycles. The molecule has 170 valence electrons. The third kappa shape index (κ3) is 23.2. The van der Waals surface area contributed by atoms with Crippen LogP contribution in [-0.2, 0) is 34.1 Å². The first kappa shape index (κ1) is 34.7. The molecule has 6 N–H and O–H groups in total. The van der Waals surface area contributed by atoms with Gasteiger partial charge in [-0.3, -0.25) is 0 Å². The number of allylic oxidation sites excluding steroid dienone is 4. The number of aliphatic hydroxyl groups excluding tert-OH is 2. The van der Waals surface area contributed by atoms with Gasteiger partial charge in [-0.2, -0.15) is 0 Å². The summed E-state index contributed by atoms with van der Waals surface area (Å²) >= 11 is 0. The number of hydrogen-bond donors (Lipinski definition) is 6. The van der Waals surface area contributed by atoms with Gasteiger partial charge in [0.15, 0.2) is 0 Å². The summed E-state index contributed by atoms with van der Waals surface area (Å²) in [6, 6.07) is 0. The zero-order valence-electron chi connectivity index (χ0n) is 16.9. The SMILES string of the molecule is CC(N=O)=C(C)NCCNCCO.CC(N=O)=C(C)NCCNCCO.[Cu+2].[Cu+2]. The van der Waals surface area contributed by atoms with E-state index >= 15 is 0 Å². The summed E-state index contributed by atoms with van der Waals surface area (Å²) in [4.78, 5) is 20.2. The van der Waals surface area contributed by atoms with Gasteiger partial charge < -0.3 is 31.5 Å². The van der Waals surface area contributed by atoms with Gasteiger partial charge in [0.1, 0.15) is 11.4 Å². The van der Waals surface area contributed by atoms with Crippen LogP contribution in [0.4, 0.5) is 0 Å². The second-order valence-corrected chi connectivity index (χ2v) is 5.40. The van der Waals surface area contributed by atoms with Crippen LogP contribution in [-0.4, -0.2) is 62.7 Å². The normalized spacial score (nSPS) is 11.4. The molecule has 0 aromatic carbocycles. The first-order chi connectivity index (χ1) is 12.4. The summed E-state index contributed by atoms with van der Waals surface area (Å²) in [6.07, 6.45) is 0. The van der Waals surface area contributed by atoms with Crippen molar-refractivity contribution in [1.82, 2.24) is 21.3 Å². The van der Waals surface area contributed by atoms with Gasteiger partial charge in [-0.05, 0) is 38.0 Å². The number of nitrogens with zero attached hydrogens (tertiary/aromatic N) is 2. The zero-order chi connectivity index (χ0) is 20.2. The van der Waals surface area contributed by atoms with Crippen molar-refractivity contribution in [3.63, 3.8) is 0 Å². The van der Waals surface area contributed by atoms with E-state index in [0.29, 0.717) is 24.5 Å². The Morgan fingerprint density at radius 1 is 0.643 bits per heavy atom. The van der Waals surface area contributed by atoms with Crippen molar-refractivity contribution in [2.75, 3.05) is 52.5 Å². The Kier molecular flexibility index (Phi) is 32.4. The number of aliphatic hydroxyl groups is 2. The van der Waals surface area contributed by atoms with Crippen LogP contribution in [0.15, 0.2) is 33.1 Å². The number of rotatable bonds is 14. The summed E-state index contributed by atoms with van der Waals surface area (Å²) in [7, 11) is 0. The van der Waals surface area contributed by atoms with Gasteiger partial charge in [0.2, 0.25) is 0 Å². The fourth-order valence-electron chi connectivity index (χ4n) is 1.48. The molecule has 0 heterocycles. The molecule has 0 aliphatic rings. The molecule has 0 unspecified atom stereocenters. The first-order valence-corrected chi connectivity index (χ1v) is 8.57. The van der Waals surface area contributed by atoms with E-state index in [1.165, 1.54) is 0 Å².